The summed E-state index contributed by atoms with van der Waals surface area (Å²) in [5, 5.41) is 3.49. The molecule has 0 rings (SSSR count). The predicted molar refractivity (Wildman–Crippen MR) is 69.1 cm³/mol. The topological polar surface area (TPSA) is 12.0 Å². The van der Waals surface area contributed by atoms with E-state index in [9.17, 15) is 0 Å². The molecule has 1 nitrogen and oxygen atoms in total. The molecule has 0 spiro atoms. The Bertz CT molecular complexity index is 136. The van der Waals surface area contributed by atoms with Gasteiger partial charge in [-0.1, -0.05) is 34.6 Å². The Morgan fingerprint density at radius 2 is 1.93 bits per heavy atom. The van der Waals surface area contributed by atoms with Gasteiger partial charge in [-0.25, -0.2) is 0 Å². The fourth-order valence-corrected chi connectivity index (χ4v) is 2.34. The fourth-order valence-electron chi connectivity index (χ4n) is 1.44. The smallest absolute Gasteiger partial charge is 0.000779 e. The molecule has 0 radical (unpaired) electrons. The van der Waals surface area contributed by atoms with Gasteiger partial charge >= 0.3 is 0 Å². The van der Waals surface area contributed by atoms with Crippen LogP contribution in [0.1, 0.15) is 41.0 Å². The zero-order chi connectivity index (χ0) is 11.0. The summed E-state index contributed by atoms with van der Waals surface area (Å²) in [6.07, 6.45) is 1.33. The van der Waals surface area contributed by atoms with Crippen molar-refractivity contribution in [2.45, 2.75) is 41.0 Å². The summed E-state index contributed by atoms with van der Waals surface area (Å²) in [6.45, 7) is 13.8. The van der Waals surface area contributed by atoms with Crippen molar-refractivity contribution >= 4 is 11.8 Å². The Kier molecular flexibility index (Phi) is 7.75. The van der Waals surface area contributed by atoms with E-state index >= 15 is 0 Å². The Morgan fingerprint density at radius 1 is 1.29 bits per heavy atom. The van der Waals surface area contributed by atoms with Crippen LogP contribution in [-0.2, 0) is 0 Å². The van der Waals surface area contributed by atoms with E-state index in [1.165, 1.54) is 17.9 Å². The minimum absolute atomic E-state index is 0.470. The second-order valence-electron chi connectivity index (χ2n) is 4.54. The highest BCUT2D eigenvalue weighted by molar-refractivity contribution is 7.99. The van der Waals surface area contributed by atoms with Crippen LogP contribution in [0.3, 0.4) is 0 Å². The first-order chi connectivity index (χ1) is 6.56. The van der Waals surface area contributed by atoms with Crippen molar-refractivity contribution in [1.29, 1.82) is 0 Å². The fraction of sp³-hybridized carbons (Fsp3) is 1.00. The van der Waals surface area contributed by atoms with Gasteiger partial charge < -0.3 is 5.32 Å². The summed E-state index contributed by atoms with van der Waals surface area (Å²) >= 11 is 2.06. The molecule has 0 aromatic rings. The highest BCUT2D eigenvalue weighted by atomic mass is 32.2. The highest BCUT2D eigenvalue weighted by Crippen LogP contribution is 2.31. The van der Waals surface area contributed by atoms with Crippen LogP contribution in [0.5, 0.6) is 0 Å². The molecule has 0 saturated heterocycles. The molecule has 0 fully saturated rings. The third-order valence-electron chi connectivity index (χ3n) is 3.19. The number of thioether (sulfide) groups is 1. The van der Waals surface area contributed by atoms with Gasteiger partial charge in [-0.15, -0.1) is 0 Å². The average Bonchev–Trinajstić information content (AvgIpc) is 2.15. The lowest BCUT2D eigenvalue weighted by Crippen LogP contribution is -2.36. The molecule has 0 aromatic carbocycles. The van der Waals surface area contributed by atoms with E-state index in [1.54, 1.807) is 0 Å². The molecular weight excluding hydrogens is 190 g/mol. The lowest BCUT2D eigenvalue weighted by molar-refractivity contribution is 0.204. The first-order valence-corrected chi connectivity index (χ1v) is 7.00. The minimum atomic E-state index is 0.470. The molecule has 0 amide bonds. The van der Waals surface area contributed by atoms with Crippen molar-refractivity contribution in [3.8, 4) is 0 Å². The van der Waals surface area contributed by atoms with Gasteiger partial charge in [0.2, 0.25) is 0 Å². The van der Waals surface area contributed by atoms with Crippen LogP contribution in [0.2, 0.25) is 0 Å². The quantitative estimate of drug-likeness (QED) is 0.625. The summed E-state index contributed by atoms with van der Waals surface area (Å²) < 4.78 is 0. The summed E-state index contributed by atoms with van der Waals surface area (Å²) in [5.41, 5.74) is 0.470. The number of hydrogen-bond donors (Lipinski definition) is 1. The third-order valence-corrected chi connectivity index (χ3v) is 4.10. The van der Waals surface area contributed by atoms with Crippen molar-refractivity contribution in [2.75, 3.05) is 24.6 Å². The Hall–Kier alpha value is 0.310. The molecule has 0 bridgehead atoms. The van der Waals surface area contributed by atoms with Gasteiger partial charge in [-0.05, 0) is 35.8 Å². The maximum Gasteiger partial charge on any atom is 0.000779 e. The maximum atomic E-state index is 3.49. The highest BCUT2D eigenvalue weighted by Gasteiger charge is 2.26. The average molecular weight is 217 g/mol. The van der Waals surface area contributed by atoms with Crippen molar-refractivity contribution < 1.29 is 0 Å². The van der Waals surface area contributed by atoms with Gasteiger partial charge in [0, 0.05) is 6.54 Å². The van der Waals surface area contributed by atoms with E-state index in [4.69, 9.17) is 0 Å². The Labute approximate surface area is 94.4 Å². The monoisotopic (exact) mass is 217 g/mol. The summed E-state index contributed by atoms with van der Waals surface area (Å²) in [7, 11) is 0. The second kappa shape index (κ2) is 7.58. The lowest BCUT2D eigenvalue weighted by Gasteiger charge is -2.34. The largest absolute Gasteiger partial charge is 0.316 e. The number of rotatable bonds is 8. The number of nitrogens with one attached hydrogen (secondary N) is 1. The van der Waals surface area contributed by atoms with Crippen molar-refractivity contribution in [3.05, 3.63) is 0 Å². The van der Waals surface area contributed by atoms with Crippen LogP contribution in [0.25, 0.3) is 0 Å². The van der Waals surface area contributed by atoms with Crippen LogP contribution < -0.4 is 5.32 Å². The summed E-state index contributed by atoms with van der Waals surface area (Å²) in [6, 6.07) is 0. The predicted octanol–water partition coefficient (Wildman–Crippen LogP) is 3.40. The van der Waals surface area contributed by atoms with Crippen molar-refractivity contribution in [2.24, 2.45) is 11.3 Å². The van der Waals surface area contributed by atoms with Gasteiger partial charge in [0.05, 0.1) is 0 Å². The second-order valence-corrected chi connectivity index (χ2v) is 5.93. The molecular formula is C12H27NS. The first-order valence-electron chi connectivity index (χ1n) is 5.85. The van der Waals surface area contributed by atoms with Crippen LogP contribution in [0.4, 0.5) is 0 Å². The molecule has 0 aromatic heterocycles. The van der Waals surface area contributed by atoms with Gasteiger partial charge in [-0.2, -0.15) is 11.8 Å². The molecule has 0 aliphatic heterocycles. The molecule has 0 aliphatic rings. The van der Waals surface area contributed by atoms with Crippen LogP contribution in [0.15, 0.2) is 0 Å². The van der Waals surface area contributed by atoms with Crippen LogP contribution in [-0.4, -0.2) is 24.6 Å². The molecule has 1 N–H and O–H groups in total. The molecule has 86 valence electrons. The first kappa shape index (κ1) is 14.3. The maximum absolute atomic E-state index is 3.49. The zero-order valence-corrected chi connectivity index (χ0v) is 11.3. The molecule has 1 atom stereocenters. The van der Waals surface area contributed by atoms with Crippen molar-refractivity contribution in [3.63, 3.8) is 0 Å². The van der Waals surface area contributed by atoms with Crippen LogP contribution in [0, 0.1) is 11.3 Å². The van der Waals surface area contributed by atoms with E-state index in [-0.39, 0.29) is 0 Å². The molecule has 2 heteroatoms. The summed E-state index contributed by atoms with van der Waals surface area (Å²) in [5.74, 6) is 3.31. The van der Waals surface area contributed by atoms with Gasteiger partial charge in [0.25, 0.3) is 0 Å². The Balaban J connectivity index is 3.96. The van der Waals surface area contributed by atoms with Crippen molar-refractivity contribution in [1.82, 2.24) is 5.32 Å². The molecule has 0 saturated carbocycles. The van der Waals surface area contributed by atoms with E-state index in [0.29, 0.717) is 5.41 Å². The van der Waals surface area contributed by atoms with E-state index < -0.39 is 0 Å². The molecule has 1 unspecified atom stereocenters. The molecule has 0 heterocycles. The van der Waals surface area contributed by atoms with E-state index in [0.717, 1.165) is 19.0 Å². The van der Waals surface area contributed by atoms with Gasteiger partial charge in [-0.3, -0.25) is 0 Å². The van der Waals surface area contributed by atoms with Crippen LogP contribution >= 0.6 is 11.8 Å². The molecule has 14 heavy (non-hydrogen) atoms. The van der Waals surface area contributed by atoms with Gasteiger partial charge in [0.15, 0.2) is 0 Å². The van der Waals surface area contributed by atoms with E-state index in [1.807, 2.05) is 0 Å². The lowest BCUT2D eigenvalue weighted by atomic mass is 9.77. The molecule has 0 aliphatic carbocycles. The summed E-state index contributed by atoms with van der Waals surface area (Å²) in [4.78, 5) is 0. The normalized spacial score (nSPS) is 15.9. The zero-order valence-electron chi connectivity index (χ0n) is 10.5. The number of hydrogen-bond acceptors (Lipinski definition) is 2. The van der Waals surface area contributed by atoms with E-state index in [2.05, 4.69) is 51.7 Å². The Morgan fingerprint density at radius 3 is 2.36 bits per heavy atom. The standard InChI is InChI=1S/C12H27NS/c1-6-13-10-12(5,11(3)4)8-9-14-7-2/h11,13H,6-10H2,1-5H3. The third kappa shape index (κ3) is 5.26. The SMILES string of the molecule is CCNCC(C)(CCSCC)C(C)C. The van der Waals surface area contributed by atoms with Gasteiger partial charge in [0.1, 0.15) is 0 Å². The minimum Gasteiger partial charge on any atom is -0.316 e.